The van der Waals surface area contributed by atoms with Gasteiger partial charge in [0.25, 0.3) is 0 Å². The van der Waals surface area contributed by atoms with Crippen LogP contribution in [-0.4, -0.2) is 79.6 Å². The Morgan fingerprint density at radius 2 is 1.51 bits per heavy atom. The molecule has 1 aliphatic carbocycles. The molecular formula is C29H38N4O4. The summed E-state index contributed by atoms with van der Waals surface area (Å²) in [5.74, 6) is -0.373. The van der Waals surface area contributed by atoms with Gasteiger partial charge in [0, 0.05) is 20.1 Å². The number of imide groups is 1. The fourth-order valence-corrected chi connectivity index (χ4v) is 5.29. The third kappa shape index (κ3) is 5.86. The highest BCUT2D eigenvalue weighted by Crippen LogP contribution is 2.50. The Labute approximate surface area is 219 Å². The van der Waals surface area contributed by atoms with Crippen molar-refractivity contribution in [3.05, 3.63) is 71.8 Å². The fraction of sp³-hybridized carbons (Fsp3) is 0.483. The lowest BCUT2D eigenvalue weighted by Gasteiger charge is -2.55. The monoisotopic (exact) mass is 506 g/mol. The van der Waals surface area contributed by atoms with E-state index in [2.05, 4.69) is 5.32 Å². The molecule has 0 bridgehead atoms. The lowest BCUT2D eigenvalue weighted by molar-refractivity contribution is -0.216. The number of likely N-dealkylation sites (tertiary alicyclic amines) is 1. The molecule has 2 aliphatic rings. The van der Waals surface area contributed by atoms with Crippen LogP contribution >= 0.6 is 0 Å². The SMILES string of the molecule is CN(C)CCN(C)C(=O)COC1N(C(=O)NC(c2ccccc2)c2ccccc2)C(=O)C12CCCCC2. The van der Waals surface area contributed by atoms with Crippen molar-refractivity contribution in [1.29, 1.82) is 0 Å². The zero-order chi connectivity index (χ0) is 26.4. The van der Waals surface area contributed by atoms with E-state index < -0.39 is 23.7 Å². The second kappa shape index (κ2) is 11.9. The van der Waals surface area contributed by atoms with Crippen LogP contribution in [0.3, 0.4) is 0 Å². The van der Waals surface area contributed by atoms with Gasteiger partial charge in [-0.3, -0.25) is 9.59 Å². The first-order valence-corrected chi connectivity index (χ1v) is 13.1. The van der Waals surface area contributed by atoms with Gasteiger partial charge in [-0.15, -0.1) is 0 Å². The molecule has 1 spiro atoms. The smallest absolute Gasteiger partial charge is 0.327 e. The van der Waals surface area contributed by atoms with Crippen LogP contribution in [0.1, 0.15) is 49.3 Å². The first kappa shape index (κ1) is 26.8. The largest absolute Gasteiger partial charge is 0.347 e. The Bertz CT molecular complexity index is 1030. The first-order chi connectivity index (χ1) is 17.8. The molecule has 2 fully saturated rings. The van der Waals surface area contributed by atoms with E-state index in [0.717, 1.165) is 36.9 Å². The number of hydrogen-bond donors (Lipinski definition) is 1. The molecule has 4 rings (SSSR count). The Balaban J connectivity index is 1.51. The van der Waals surface area contributed by atoms with Gasteiger partial charge in [-0.1, -0.05) is 79.9 Å². The van der Waals surface area contributed by atoms with Crippen LogP contribution in [0.4, 0.5) is 4.79 Å². The van der Waals surface area contributed by atoms with E-state index in [-0.39, 0.29) is 18.4 Å². The van der Waals surface area contributed by atoms with Crippen LogP contribution in [-0.2, 0) is 14.3 Å². The maximum atomic E-state index is 13.6. The number of rotatable bonds is 9. The van der Waals surface area contributed by atoms with E-state index in [1.807, 2.05) is 79.7 Å². The minimum absolute atomic E-state index is 0.168. The zero-order valence-corrected chi connectivity index (χ0v) is 22.1. The molecule has 2 aromatic rings. The number of nitrogens with one attached hydrogen (secondary N) is 1. The lowest BCUT2D eigenvalue weighted by atomic mass is 9.66. The Kier molecular flexibility index (Phi) is 8.61. The summed E-state index contributed by atoms with van der Waals surface area (Å²) in [5, 5.41) is 3.06. The highest BCUT2D eigenvalue weighted by Gasteiger charge is 2.63. The predicted octanol–water partition coefficient (Wildman–Crippen LogP) is 3.64. The highest BCUT2D eigenvalue weighted by molar-refractivity contribution is 6.03. The number of ether oxygens (including phenoxy) is 1. The second-order valence-electron chi connectivity index (χ2n) is 10.4. The minimum Gasteiger partial charge on any atom is -0.347 e. The molecule has 0 aromatic heterocycles. The van der Waals surface area contributed by atoms with E-state index in [1.54, 1.807) is 11.9 Å². The van der Waals surface area contributed by atoms with Crippen molar-refractivity contribution in [2.24, 2.45) is 5.41 Å². The normalized spacial score (nSPS) is 18.7. The molecule has 37 heavy (non-hydrogen) atoms. The van der Waals surface area contributed by atoms with Crippen molar-refractivity contribution in [1.82, 2.24) is 20.0 Å². The third-order valence-electron chi connectivity index (χ3n) is 7.52. The van der Waals surface area contributed by atoms with Crippen molar-refractivity contribution in [2.45, 2.75) is 44.4 Å². The molecule has 1 saturated carbocycles. The number of likely N-dealkylation sites (N-methyl/N-ethyl adjacent to an activating group) is 2. The van der Waals surface area contributed by atoms with Gasteiger partial charge in [0.2, 0.25) is 11.8 Å². The van der Waals surface area contributed by atoms with Gasteiger partial charge in [-0.05, 0) is 38.1 Å². The van der Waals surface area contributed by atoms with Crippen LogP contribution in [0, 0.1) is 5.41 Å². The van der Waals surface area contributed by atoms with Crippen molar-refractivity contribution in [3.8, 4) is 0 Å². The van der Waals surface area contributed by atoms with Crippen molar-refractivity contribution >= 4 is 17.8 Å². The molecule has 4 amide bonds. The summed E-state index contributed by atoms with van der Waals surface area (Å²) in [7, 11) is 5.65. The average Bonchev–Trinajstić information content (AvgIpc) is 2.93. The molecule has 1 atom stereocenters. The molecule has 0 radical (unpaired) electrons. The number of β-lactam (4-membered cyclic amide) rings is 1. The number of carbonyl (C=O) groups is 3. The summed E-state index contributed by atoms with van der Waals surface area (Å²) in [5.41, 5.74) is 1.10. The maximum Gasteiger partial charge on any atom is 0.327 e. The number of carbonyl (C=O) groups excluding carboxylic acids is 3. The molecule has 1 saturated heterocycles. The summed E-state index contributed by atoms with van der Waals surface area (Å²) < 4.78 is 6.10. The van der Waals surface area contributed by atoms with E-state index >= 15 is 0 Å². The van der Waals surface area contributed by atoms with Gasteiger partial charge >= 0.3 is 6.03 Å². The number of nitrogens with zero attached hydrogens (tertiary/aromatic N) is 3. The third-order valence-corrected chi connectivity index (χ3v) is 7.52. The van der Waals surface area contributed by atoms with Crippen molar-refractivity contribution in [2.75, 3.05) is 40.8 Å². The second-order valence-corrected chi connectivity index (χ2v) is 10.4. The summed E-state index contributed by atoms with van der Waals surface area (Å²) >= 11 is 0. The summed E-state index contributed by atoms with van der Waals surface area (Å²) in [6, 6.07) is 18.4. The van der Waals surface area contributed by atoms with Gasteiger partial charge in [0.15, 0.2) is 6.23 Å². The molecule has 8 heteroatoms. The quantitative estimate of drug-likeness (QED) is 0.525. The standard InChI is InChI=1S/C29H38N4O4/c1-31(2)19-20-32(3)24(34)21-37-27-29(17-11-6-12-18-29)26(35)33(27)28(36)30-25(22-13-7-4-8-14-22)23-15-9-5-10-16-23/h4-5,7-10,13-16,25,27H,6,11-12,17-21H2,1-3H3,(H,30,36). The fourth-order valence-electron chi connectivity index (χ4n) is 5.29. The van der Waals surface area contributed by atoms with E-state index in [0.29, 0.717) is 19.4 Å². The van der Waals surface area contributed by atoms with E-state index in [1.165, 1.54) is 4.90 Å². The highest BCUT2D eigenvalue weighted by atomic mass is 16.5. The Morgan fingerprint density at radius 3 is 2.05 bits per heavy atom. The Hall–Kier alpha value is -3.23. The van der Waals surface area contributed by atoms with Crippen LogP contribution in [0.5, 0.6) is 0 Å². The van der Waals surface area contributed by atoms with Gasteiger partial charge in [0.05, 0.1) is 11.5 Å². The van der Waals surface area contributed by atoms with Crippen molar-refractivity contribution < 1.29 is 19.1 Å². The first-order valence-electron chi connectivity index (χ1n) is 13.1. The van der Waals surface area contributed by atoms with Gasteiger partial charge in [0.1, 0.15) is 6.61 Å². The molecular weight excluding hydrogens is 468 g/mol. The number of urea groups is 1. The van der Waals surface area contributed by atoms with Crippen LogP contribution in [0.15, 0.2) is 60.7 Å². The van der Waals surface area contributed by atoms with Gasteiger partial charge < -0.3 is 19.9 Å². The van der Waals surface area contributed by atoms with E-state index in [4.69, 9.17) is 4.74 Å². The van der Waals surface area contributed by atoms with Crippen LogP contribution in [0.2, 0.25) is 0 Å². The average molecular weight is 507 g/mol. The molecule has 198 valence electrons. The molecule has 1 unspecified atom stereocenters. The van der Waals surface area contributed by atoms with Gasteiger partial charge in [-0.2, -0.15) is 0 Å². The Morgan fingerprint density at radius 1 is 0.946 bits per heavy atom. The molecule has 1 N–H and O–H groups in total. The van der Waals surface area contributed by atoms with Gasteiger partial charge in [-0.25, -0.2) is 9.69 Å². The molecule has 8 nitrogen and oxygen atoms in total. The predicted molar refractivity (Wildman–Crippen MR) is 142 cm³/mol. The summed E-state index contributed by atoms with van der Waals surface area (Å²) in [4.78, 5) is 44.7. The lowest BCUT2D eigenvalue weighted by Crippen LogP contribution is -2.73. The molecule has 1 heterocycles. The topological polar surface area (TPSA) is 82.2 Å². The molecule has 1 aliphatic heterocycles. The number of hydrogen-bond acceptors (Lipinski definition) is 5. The van der Waals surface area contributed by atoms with Crippen LogP contribution < -0.4 is 5.32 Å². The van der Waals surface area contributed by atoms with E-state index in [9.17, 15) is 14.4 Å². The number of benzene rings is 2. The van der Waals surface area contributed by atoms with Crippen molar-refractivity contribution in [3.63, 3.8) is 0 Å². The molecule has 2 aromatic carbocycles. The minimum atomic E-state index is -0.751. The maximum absolute atomic E-state index is 13.6. The number of amides is 4. The zero-order valence-electron chi connectivity index (χ0n) is 22.1. The summed E-state index contributed by atoms with van der Waals surface area (Å²) in [6.07, 6.45) is 3.48. The van der Waals surface area contributed by atoms with Crippen LogP contribution in [0.25, 0.3) is 0 Å². The summed E-state index contributed by atoms with van der Waals surface area (Å²) in [6.45, 7) is 1.14.